The lowest BCUT2D eigenvalue weighted by atomic mass is 10.1. The number of phenolic OH excluding ortho intramolecular Hbond substituents is 1. The molecule has 0 bridgehead atoms. The quantitative estimate of drug-likeness (QED) is 0.0869. The Balaban J connectivity index is 0.00000267. The van der Waals surface area contributed by atoms with Crippen molar-refractivity contribution >= 4 is 65.1 Å². The topological polar surface area (TPSA) is 300 Å². The van der Waals surface area contributed by atoms with Crippen LogP contribution in [0.25, 0.3) is 10.8 Å². The van der Waals surface area contributed by atoms with Crippen molar-refractivity contribution in [1.29, 1.82) is 0 Å². The van der Waals surface area contributed by atoms with E-state index in [2.05, 4.69) is 20.5 Å². The molecule has 0 unspecified atom stereocenters. The number of rotatable bonds is 6. The second-order valence-corrected chi connectivity index (χ2v) is 10.4. The van der Waals surface area contributed by atoms with Gasteiger partial charge in [0.1, 0.15) is 21.2 Å². The van der Waals surface area contributed by atoms with Crippen LogP contribution in [0.5, 0.6) is 5.75 Å². The molecule has 15 nitrogen and oxygen atoms in total. The molecular formula is C22H24N8O7S2. The molecule has 0 aromatic heterocycles. The van der Waals surface area contributed by atoms with Gasteiger partial charge in [-0.25, -0.2) is 0 Å². The van der Waals surface area contributed by atoms with Crippen LogP contribution in [0.4, 0.5) is 34.1 Å². The Labute approximate surface area is 222 Å². The molecular weight excluding hydrogens is 552 g/mol. The average Bonchev–Trinajstić information content (AvgIpc) is 2.82. The highest BCUT2D eigenvalue weighted by Gasteiger charge is 2.27. The molecule has 0 saturated carbocycles. The number of anilines is 2. The summed E-state index contributed by atoms with van der Waals surface area (Å²) in [6.07, 6.45) is 0. The van der Waals surface area contributed by atoms with Crippen molar-refractivity contribution in [3.05, 3.63) is 66.7 Å². The van der Waals surface area contributed by atoms with Crippen LogP contribution in [-0.2, 0) is 20.2 Å². The van der Waals surface area contributed by atoms with Gasteiger partial charge in [0.25, 0.3) is 20.2 Å². The fourth-order valence-corrected chi connectivity index (χ4v) is 4.68. The van der Waals surface area contributed by atoms with Crippen LogP contribution in [0, 0.1) is 0 Å². The minimum absolute atomic E-state index is 0. The number of fused-ring (bicyclic) bond motifs is 1. The van der Waals surface area contributed by atoms with E-state index < -0.39 is 52.8 Å². The number of nitrogen functional groups attached to an aromatic ring is 2. The molecule has 0 aliphatic rings. The molecule has 4 aromatic rings. The second kappa shape index (κ2) is 11.5. The number of benzene rings is 4. The van der Waals surface area contributed by atoms with Gasteiger partial charge in [0.05, 0.1) is 22.4 Å². The Hall–Kier alpha value is -4.52. The molecule has 0 heterocycles. The summed E-state index contributed by atoms with van der Waals surface area (Å²) in [6.45, 7) is 0. The third-order valence-corrected chi connectivity index (χ3v) is 6.78. The van der Waals surface area contributed by atoms with Crippen molar-refractivity contribution in [2.45, 2.75) is 9.79 Å². The zero-order valence-corrected chi connectivity index (χ0v) is 21.6. The lowest BCUT2D eigenvalue weighted by molar-refractivity contribution is 0.472. The highest BCUT2D eigenvalue weighted by atomic mass is 32.2. The van der Waals surface area contributed by atoms with Crippen LogP contribution in [0.1, 0.15) is 0 Å². The van der Waals surface area contributed by atoms with Gasteiger partial charge in [-0.15, -0.1) is 10.2 Å². The number of nitrogens with zero attached hydrogens (tertiary/aromatic N) is 4. The smallest absolute Gasteiger partial charge is 0.296 e. The molecule has 0 aliphatic carbocycles. The summed E-state index contributed by atoms with van der Waals surface area (Å²) >= 11 is 0. The summed E-state index contributed by atoms with van der Waals surface area (Å²) in [5.41, 5.74) is 11.1. The van der Waals surface area contributed by atoms with E-state index in [1.54, 1.807) is 30.3 Å². The highest BCUT2D eigenvalue weighted by Crippen LogP contribution is 2.48. The van der Waals surface area contributed by atoms with Crippen LogP contribution < -0.4 is 23.8 Å². The van der Waals surface area contributed by atoms with E-state index in [1.165, 1.54) is 24.3 Å². The summed E-state index contributed by atoms with van der Waals surface area (Å²) in [7, 11) is -9.96. The van der Waals surface area contributed by atoms with Gasteiger partial charge in [0.15, 0.2) is 5.75 Å². The second-order valence-electron chi connectivity index (χ2n) is 7.58. The number of phenols is 1. The van der Waals surface area contributed by atoms with E-state index >= 15 is 0 Å². The highest BCUT2D eigenvalue weighted by molar-refractivity contribution is 7.86. The molecule has 4 aromatic carbocycles. The molecule has 17 heteroatoms. The number of nitrogens with two attached hydrogens (primary N) is 2. The van der Waals surface area contributed by atoms with E-state index in [0.29, 0.717) is 11.4 Å². The zero-order chi connectivity index (χ0) is 27.0. The van der Waals surface area contributed by atoms with Gasteiger partial charge < -0.3 is 28.9 Å². The molecule has 4 rings (SSSR count). The van der Waals surface area contributed by atoms with E-state index in [0.717, 1.165) is 12.1 Å². The van der Waals surface area contributed by atoms with Crippen molar-refractivity contribution in [2.75, 3.05) is 11.5 Å². The number of hydrogen-bond acceptors (Lipinski definition) is 13. The van der Waals surface area contributed by atoms with Crippen LogP contribution in [0.15, 0.2) is 97.0 Å². The van der Waals surface area contributed by atoms with Gasteiger partial charge in [-0.2, -0.15) is 27.1 Å². The van der Waals surface area contributed by atoms with Gasteiger partial charge in [-0.1, -0.05) is 18.2 Å². The maximum atomic E-state index is 12.1. The van der Waals surface area contributed by atoms with Gasteiger partial charge in [0.2, 0.25) is 0 Å². The molecule has 0 spiro atoms. The third kappa shape index (κ3) is 6.49. The van der Waals surface area contributed by atoms with Crippen LogP contribution in [-0.4, -0.2) is 31.0 Å². The fourth-order valence-electron chi connectivity index (χ4n) is 3.36. The molecule has 206 valence electrons. The minimum atomic E-state index is -4.99. The SMILES string of the molecule is N.N.Nc1ccc(N=Nc2c(S(=O)(=O)O)cc3cc(S(=O)(=O)O)c(N=Nc4ccccc4)c(O)c3c2N)cc1. The van der Waals surface area contributed by atoms with Crippen molar-refractivity contribution in [2.24, 2.45) is 20.5 Å². The average molecular weight is 577 g/mol. The van der Waals surface area contributed by atoms with E-state index in [1.807, 2.05) is 0 Å². The maximum Gasteiger partial charge on any atom is 0.296 e. The van der Waals surface area contributed by atoms with Crippen LogP contribution in [0.3, 0.4) is 0 Å². The van der Waals surface area contributed by atoms with Crippen molar-refractivity contribution in [1.82, 2.24) is 12.3 Å². The Morgan fingerprint density at radius 2 is 1.10 bits per heavy atom. The minimum Gasteiger partial charge on any atom is -0.505 e. The number of hydrogen-bond donors (Lipinski definition) is 7. The van der Waals surface area contributed by atoms with Crippen LogP contribution in [0.2, 0.25) is 0 Å². The maximum absolute atomic E-state index is 12.1. The Bertz CT molecular complexity index is 1790. The number of azo groups is 2. The summed E-state index contributed by atoms with van der Waals surface area (Å²) in [5.74, 6) is -0.840. The monoisotopic (exact) mass is 576 g/mol. The summed E-state index contributed by atoms with van der Waals surface area (Å²) < 4.78 is 67.9. The molecule has 0 radical (unpaired) electrons. The molecule has 0 aliphatic heterocycles. The summed E-state index contributed by atoms with van der Waals surface area (Å²) in [5, 5.41) is 25.8. The van der Waals surface area contributed by atoms with E-state index in [9.17, 15) is 31.0 Å². The predicted octanol–water partition coefficient (Wildman–Crippen LogP) is 5.36. The van der Waals surface area contributed by atoms with Crippen LogP contribution >= 0.6 is 0 Å². The molecule has 0 atom stereocenters. The first-order chi connectivity index (χ1) is 17.4. The van der Waals surface area contributed by atoms with E-state index in [4.69, 9.17) is 11.5 Å². The third-order valence-electron chi connectivity index (χ3n) is 5.05. The first-order valence-electron chi connectivity index (χ1n) is 10.2. The van der Waals surface area contributed by atoms with Gasteiger partial charge >= 0.3 is 0 Å². The van der Waals surface area contributed by atoms with Crippen molar-refractivity contribution in [3.63, 3.8) is 0 Å². The Morgan fingerprint density at radius 3 is 1.62 bits per heavy atom. The lowest BCUT2D eigenvalue weighted by Crippen LogP contribution is -2.03. The standard InChI is InChI=1S/C22H18N6O7S2.2H3N/c23-13-6-8-15(9-7-13)26-27-20-16(36(30,31)32)10-12-11-17(37(33,34)35)21(22(29)18(12)19(20)24)28-25-14-4-2-1-3-5-14;;/h1-11,29H,23-24H2,(H,30,31,32)(H,33,34,35);2*1H3. The van der Waals surface area contributed by atoms with Crippen molar-refractivity contribution < 1.29 is 31.0 Å². The zero-order valence-electron chi connectivity index (χ0n) is 20.0. The van der Waals surface area contributed by atoms with Gasteiger partial charge in [0, 0.05) is 5.69 Å². The summed E-state index contributed by atoms with van der Waals surface area (Å²) in [6, 6.07) is 15.8. The Kier molecular flexibility index (Phi) is 9.03. The van der Waals surface area contributed by atoms with Gasteiger partial charge in [-0.3, -0.25) is 9.11 Å². The molecule has 0 fully saturated rings. The Morgan fingerprint density at radius 1 is 0.641 bits per heavy atom. The van der Waals surface area contributed by atoms with E-state index in [-0.39, 0.29) is 28.8 Å². The van der Waals surface area contributed by atoms with Crippen molar-refractivity contribution in [3.8, 4) is 5.75 Å². The molecule has 0 saturated heterocycles. The van der Waals surface area contributed by atoms with Gasteiger partial charge in [-0.05, 0) is 53.9 Å². The molecule has 13 N–H and O–H groups in total. The number of aromatic hydroxyl groups is 1. The normalized spacial score (nSPS) is 11.9. The molecule has 0 amide bonds. The first kappa shape index (κ1) is 30.7. The summed E-state index contributed by atoms with van der Waals surface area (Å²) in [4.78, 5) is -1.70. The predicted molar refractivity (Wildman–Crippen MR) is 145 cm³/mol. The largest absolute Gasteiger partial charge is 0.505 e. The lowest BCUT2D eigenvalue weighted by Gasteiger charge is -2.14. The fraction of sp³-hybridized carbons (Fsp3) is 0. The molecule has 39 heavy (non-hydrogen) atoms. The first-order valence-corrected chi connectivity index (χ1v) is 13.1.